The lowest BCUT2D eigenvalue weighted by atomic mass is 10.1. The number of nitrogens with two attached hydrogens (primary N) is 1. The molecule has 0 saturated carbocycles. The summed E-state index contributed by atoms with van der Waals surface area (Å²) in [6.07, 6.45) is 0. The molecule has 0 aliphatic rings. The number of fused-ring (bicyclic) bond motifs is 1. The van der Waals surface area contributed by atoms with Gasteiger partial charge in [-0.25, -0.2) is 9.37 Å². The molecule has 3 rings (SSSR count). The number of anilines is 1. The van der Waals surface area contributed by atoms with E-state index in [2.05, 4.69) is 4.98 Å². The standard InChI is InChI=1S/C13H9FN2OS/c14-10-5-8(7-1-3-9(17)4-2-7)6-11-12(10)16-13(15)18-11/h1-6,17H,(H2,15,16). The van der Waals surface area contributed by atoms with Crippen LogP contribution >= 0.6 is 11.3 Å². The summed E-state index contributed by atoms with van der Waals surface area (Å²) in [6, 6.07) is 9.88. The number of thiazole rings is 1. The summed E-state index contributed by atoms with van der Waals surface area (Å²) < 4.78 is 14.6. The Morgan fingerprint density at radius 3 is 2.56 bits per heavy atom. The van der Waals surface area contributed by atoms with E-state index in [0.29, 0.717) is 10.6 Å². The van der Waals surface area contributed by atoms with E-state index < -0.39 is 0 Å². The summed E-state index contributed by atoms with van der Waals surface area (Å²) in [7, 11) is 0. The molecule has 0 atom stereocenters. The number of hydrogen-bond donors (Lipinski definition) is 2. The van der Waals surface area contributed by atoms with E-state index in [1.165, 1.54) is 17.4 Å². The largest absolute Gasteiger partial charge is 0.508 e. The van der Waals surface area contributed by atoms with Crippen molar-refractivity contribution >= 4 is 26.7 Å². The fraction of sp³-hybridized carbons (Fsp3) is 0. The maximum atomic E-state index is 13.9. The van der Waals surface area contributed by atoms with Gasteiger partial charge in [0.1, 0.15) is 11.3 Å². The average Bonchev–Trinajstić information content (AvgIpc) is 2.71. The van der Waals surface area contributed by atoms with Crippen molar-refractivity contribution in [3.63, 3.8) is 0 Å². The fourth-order valence-electron chi connectivity index (χ4n) is 1.83. The van der Waals surface area contributed by atoms with Gasteiger partial charge in [0.15, 0.2) is 10.9 Å². The highest BCUT2D eigenvalue weighted by Crippen LogP contribution is 2.31. The van der Waals surface area contributed by atoms with Crippen LogP contribution < -0.4 is 5.73 Å². The minimum atomic E-state index is -0.386. The normalized spacial score (nSPS) is 10.9. The summed E-state index contributed by atoms with van der Waals surface area (Å²) in [6.45, 7) is 0. The monoisotopic (exact) mass is 260 g/mol. The Morgan fingerprint density at radius 1 is 1.11 bits per heavy atom. The van der Waals surface area contributed by atoms with Crippen LogP contribution in [0.1, 0.15) is 0 Å². The molecule has 0 unspecified atom stereocenters. The zero-order valence-electron chi connectivity index (χ0n) is 9.22. The van der Waals surface area contributed by atoms with Gasteiger partial charge < -0.3 is 10.8 Å². The lowest BCUT2D eigenvalue weighted by Gasteiger charge is -2.02. The van der Waals surface area contributed by atoms with Crippen LogP contribution in [-0.2, 0) is 0 Å². The molecular weight excluding hydrogens is 251 g/mol. The van der Waals surface area contributed by atoms with Crippen LogP contribution in [0, 0.1) is 5.82 Å². The minimum absolute atomic E-state index is 0.183. The Balaban J connectivity index is 2.20. The maximum absolute atomic E-state index is 13.9. The molecular formula is C13H9FN2OS. The number of halogens is 1. The third-order valence-electron chi connectivity index (χ3n) is 2.67. The number of aromatic nitrogens is 1. The zero-order valence-corrected chi connectivity index (χ0v) is 10.0. The highest BCUT2D eigenvalue weighted by Gasteiger charge is 2.10. The summed E-state index contributed by atoms with van der Waals surface area (Å²) in [5.41, 5.74) is 7.45. The number of hydrogen-bond acceptors (Lipinski definition) is 4. The van der Waals surface area contributed by atoms with E-state index in [-0.39, 0.29) is 11.6 Å². The van der Waals surface area contributed by atoms with Crippen molar-refractivity contribution in [1.82, 2.24) is 4.98 Å². The molecule has 2 aromatic carbocycles. The van der Waals surface area contributed by atoms with Gasteiger partial charge in [0.2, 0.25) is 0 Å². The van der Waals surface area contributed by atoms with Gasteiger partial charge in [-0.05, 0) is 35.4 Å². The van der Waals surface area contributed by atoms with Crippen molar-refractivity contribution in [1.29, 1.82) is 0 Å². The van der Waals surface area contributed by atoms with Gasteiger partial charge in [0, 0.05) is 0 Å². The molecule has 5 heteroatoms. The van der Waals surface area contributed by atoms with Crippen LogP contribution in [0.25, 0.3) is 21.3 Å². The van der Waals surface area contributed by atoms with Crippen molar-refractivity contribution in [3.8, 4) is 16.9 Å². The van der Waals surface area contributed by atoms with Crippen molar-refractivity contribution in [3.05, 3.63) is 42.2 Å². The maximum Gasteiger partial charge on any atom is 0.181 e. The first-order valence-electron chi connectivity index (χ1n) is 5.28. The molecule has 0 aliphatic heterocycles. The van der Waals surface area contributed by atoms with Crippen LogP contribution in [0.3, 0.4) is 0 Å². The SMILES string of the molecule is Nc1nc2c(F)cc(-c3ccc(O)cc3)cc2s1. The summed E-state index contributed by atoms with van der Waals surface area (Å²) in [4.78, 5) is 3.94. The summed E-state index contributed by atoms with van der Waals surface area (Å²) in [5.74, 6) is -0.203. The number of nitrogens with zero attached hydrogens (tertiary/aromatic N) is 1. The van der Waals surface area contributed by atoms with Gasteiger partial charge in [-0.15, -0.1) is 0 Å². The fourth-order valence-corrected chi connectivity index (χ4v) is 2.61. The second kappa shape index (κ2) is 3.96. The molecule has 3 N–H and O–H groups in total. The quantitative estimate of drug-likeness (QED) is 0.705. The minimum Gasteiger partial charge on any atom is -0.508 e. The van der Waals surface area contributed by atoms with E-state index in [9.17, 15) is 9.50 Å². The molecule has 18 heavy (non-hydrogen) atoms. The Bertz CT molecular complexity index is 722. The Hall–Kier alpha value is -2.14. The Labute approximate surface area is 106 Å². The first-order valence-corrected chi connectivity index (χ1v) is 6.10. The van der Waals surface area contributed by atoms with Crippen molar-refractivity contribution in [2.45, 2.75) is 0 Å². The van der Waals surface area contributed by atoms with Crippen molar-refractivity contribution < 1.29 is 9.50 Å². The van der Waals surface area contributed by atoms with Crippen LogP contribution in [0.2, 0.25) is 0 Å². The third-order valence-corrected chi connectivity index (χ3v) is 3.50. The molecule has 3 nitrogen and oxygen atoms in total. The third kappa shape index (κ3) is 1.78. The summed E-state index contributed by atoms with van der Waals surface area (Å²) >= 11 is 1.26. The van der Waals surface area contributed by atoms with Gasteiger partial charge in [-0.3, -0.25) is 0 Å². The van der Waals surface area contributed by atoms with E-state index in [4.69, 9.17) is 5.73 Å². The van der Waals surface area contributed by atoms with Gasteiger partial charge in [-0.2, -0.15) is 0 Å². The topological polar surface area (TPSA) is 59.1 Å². The molecule has 0 fully saturated rings. The lowest BCUT2D eigenvalue weighted by Crippen LogP contribution is -1.84. The van der Waals surface area contributed by atoms with E-state index in [0.717, 1.165) is 15.8 Å². The second-order valence-corrected chi connectivity index (χ2v) is 4.97. The van der Waals surface area contributed by atoms with Crippen LogP contribution in [0.15, 0.2) is 36.4 Å². The zero-order chi connectivity index (χ0) is 12.7. The molecule has 1 heterocycles. The van der Waals surface area contributed by atoms with E-state index in [1.54, 1.807) is 24.3 Å². The predicted molar refractivity (Wildman–Crippen MR) is 71.1 cm³/mol. The number of rotatable bonds is 1. The first kappa shape index (κ1) is 11.0. The van der Waals surface area contributed by atoms with E-state index >= 15 is 0 Å². The number of phenols is 1. The molecule has 0 amide bonds. The highest BCUT2D eigenvalue weighted by atomic mass is 32.1. The van der Waals surface area contributed by atoms with Crippen LogP contribution in [0.5, 0.6) is 5.75 Å². The number of nitrogen functional groups attached to an aromatic ring is 1. The van der Waals surface area contributed by atoms with Gasteiger partial charge in [0.05, 0.1) is 4.70 Å². The van der Waals surface area contributed by atoms with Gasteiger partial charge in [0.25, 0.3) is 0 Å². The smallest absolute Gasteiger partial charge is 0.181 e. The first-order chi connectivity index (χ1) is 8.63. The summed E-state index contributed by atoms with van der Waals surface area (Å²) in [5, 5.41) is 9.59. The molecule has 3 aromatic rings. The second-order valence-electron chi connectivity index (χ2n) is 3.90. The van der Waals surface area contributed by atoms with Crippen LogP contribution in [-0.4, -0.2) is 10.1 Å². The van der Waals surface area contributed by atoms with Crippen molar-refractivity contribution in [2.24, 2.45) is 0 Å². The van der Waals surface area contributed by atoms with Gasteiger partial charge in [-0.1, -0.05) is 23.5 Å². The lowest BCUT2D eigenvalue weighted by molar-refractivity contribution is 0.475. The van der Waals surface area contributed by atoms with E-state index in [1.807, 2.05) is 6.07 Å². The molecule has 0 aliphatic carbocycles. The Morgan fingerprint density at radius 2 is 1.83 bits per heavy atom. The number of phenolic OH excluding ortho intramolecular Hbond substituents is 1. The average molecular weight is 260 g/mol. The predicted octanol–water partition coefficient (Wildman–Crippen LogP) is 3.39. The van der Waals surface area contributed by atoms with Crippen LogP contribution in [0.4, 0.5) is 9.52 Å². The number of aromatic hydroxyl groups is 1. The molecule has 1 aromatic heterocycles. The molecule has 0 bridgehead atoms. The van der Waals surface area contributed by atoms with Gasteiger partial charge >= 0.3 is 0 Å². The Kier molecular flexibility index (Phi) is 2.41. The highest BCUT2D eigenvalue weighted by molar-refractivity contribution is 7.22. The molecule has 90 valence electrons. The molecule has 0 saturated heterocycles. The molecule has 0 spiro atoms. The molecule has 0 radical (unpaired) electrons. The number of benzene rings is 2. The van der Waals surface area contributed by atoms with Crippen molar-refractivity contribution in [2.75, 3.05) is 5.73 Å².